The standard InChI is InChI=1S/C18H26N2O/c1-14(16-6-4-5-15(11-16)12-19)20-13-18(21)9-7-17(2,3)8-10-18/h4-6,11,14,20-21H,7-10,13H2,1-3H3. The van der Waals surface area contributed by atoms with E-state index in [1.807, 2.05) is 24.3 Å². The van der Waals surface area contributed by atoms with Crippen molar-refractivity contribution in [2.75, 3.05) is 6.54 Å². The minimum atomic E-state index is -0.587. The van der Waals surface area contributed by atoms with Gasteiger partial charge in [-0.05, 0) is 55.7 Å². The molecule has 114 valence electrons. The fourth-order valence-electron chi connectivity index (χ4n) is 2.91. The number of hydrogen-bond acceptors (Lipinski definition) is 3. The first-order valence-corrected chi connectivity index (χ1v) is 7.79. The van der Waals surface area contributed by atoms with E-state index in [4.69, 9.17) is 5.26 Å². The molecule has 21 heavy (non-hydrogen) atoms. The molecule has 1 aromatic rings. The van der Waals surface area contributed by atoms with Crippen LogP contribution in [0.25, 0.3) is 0 Å². The molecule has 1 aliphatic carbocycles. The molecule has 0 aromatic heterocycles. The lowest BCUT2D eigenvalue weighted by atomic mass is 9.71. The van der Waals surface area contributed by atoms with Crippen LogP contribution < -0.4 is 5.32 Å². The lowest BCUT2D eigenvalue weighted by Crippen LogP contribution is -2.45. The Morgan fingerprint density at radius 1 is 1.29 bits per heavy atom. The summed E-state index contributed by atoms with van der Waals surface area (Å²) in [4.78, 5) is 0. The maximum atomic E-state index is 10.7. The van der Waals surface area contributed by atoms with Crippen molar-refractivity contribution >= 4 is 0 Å². The highest BCUT2D eigenvalue weighted by atomic mass is 16.3. The molecule has 3 heteroatoms. The predicted molar refractivity (Wildman–Crippen MR) is 84.8 cm³/mol. The molecule has 3 nitrogen and oxygen atoms in total. The van der Waals surface area contributed by atoms with Gasteiger partial charge in [-0.25, -0.2) is 0 Å². The summed E-state index contributed by atoms with van der Waals surface area (Å²) in [6.07, 6.45) is 3.86. The fourth-order valence-corrected chi connectivity index (χ4v) is 2.91. The summed E-state index contributed by atoms with van der Waals surface area (Å²) < 4.78 is 0. The molecular formula is C18H26N2O. The Morgan fingerprint density at radius 3 is 2.57 bits per heavy atom. The Hall–Kier alpha value is -1.37. The summed E-state index contributed by atoms with van der Waals surface area (Å²) in [5, 5.41) is 23.1. The van der Waals surface area contributed by atoms with Crippen LogP contribution >= 0.6 is 0 Å². The molecule has 2 rings (SSSR count). The molecule has 0 bridgehead atoms. The van der Waals surface area contributed by atoms with Crippen molar-refractivity contribution < 1.29 is 5.11 Å². The number of nitrogens with one attached hydrogen (secondary N) is 1. The number of aliphatic hydroxyl groups is 1. The van der Waals surface area contributed by atoms with E-state index in [-0.39, 0.29) is 6.04 Å². The number of nitrogens with zero attached hydrogens (tertiary/aromatic N) is 1. The van der Waals surface area contributed by atoms with Crippen molar-refractivity contribution in [3.05, 3.63) is 35.4 Å². The van der Waals surface area contributed by atoms with E-state index in [9.17, 15) is 5.11 Å². The zero-order chi connectivity index (χ0) is 15.5. The van der Waals surface area contributed by atoms with Gasteiger partial charge in [-0.2, -0.15) is 5.26 Å². The zero-order valence-corrected chi connectivity index (χ0v) is 13.3. The SMILES string of the molecule is CC(NCC1(O)CCC(C)(C)CC1)c1cccc(C#N)c1. The van der Waals surface area contributed by atoms with Crippen LogP contribution in [-0.2, 0) is 0 Å². The average Bonchev–Trinajstić information content (AvgIpc) is 2.48. The zero-order valence-electron chi connectivity index (χ0n) is 13.3. The van der Waals surface area contributed by atoms with Crippen LogP contribution in [0.4, 0.5) is 0 Å². The molecular weight excluding hydrogens is 260 g/mol. The van der Waals surface area contributed by atoms with E-state index >= 15 is 0 Å². The second-order valence-corrected chi connectivity index (χ2v) is 7.23. The third-order valence-corrected chi connectivity index (χ3v) is 4.79. The van der Waals surface area contributed by atoms with E-state index < -0.39 is 5.60 Å². The van der Waals surface area contributed by atoms with Crippen molar-refractivity contribution in [2.24, 2.45) is 5.41 Å². The van der Waals surface area contributed by atoms with Gasteiger partial charge < -0.3 is 10.4 Å². The minimum Gasteiger partial charge on any atom is -0.389 e. The third-order valence-electron chi connectivity index (χ3n) is 4.79. The lowest BCUT2D eigenvalue weighted by Gasteiger charge is -2.40. The molecule has 1 atom stereocenters. The molecule has 1 unspecified atom stereocenters. The van der Waals surface area contributed by atoms with Crippen molar-refractivity contribution in [1.82, 2.24) is 5.32 Å². The van der Waals surface area contributed by atoms with Crippen LogP contribution in [0.3, 0.4) is 0 Å². The Bertz CT molecular complexity index is 520. The molecule has 0 aliphatic heterocycles. The third kappa shape index (κ3) is 4.30. The maximum Gasteiger partial charge on any atom is 0.0991 e. The number of rotatable bonds is 4. The van der Waals surface area contributed by atoms with Gasteiger partial charge in [0.2, 0.25) is 0 Å². The second-order valence-electron chi connectivity index (χ2n) is 7.23. The molecule has 0 radical (unpaired) electrons. The largest absolute Gasteiger partial charge is 0.389 e. The van der Waals surface area contributed by atoms with Crippen molar-refractivity contribution in [2.45, 2.75) is 58.1 Å². The summed E-state index contributed by atoms with van der Waals surface area (Å²) in [7, 11) is 0. The highest BCUT2D eigenvalue weighted by Crippen LogP contribution is 2.40. The Morgan fingerprint density at radius 2 is 1.95 bits per heavy atom. The molecule has 0 heterocycles. The predicted octanol–water partition coefficient (Wildman–Crippen LogP) is 3.54. The molecule has 0 spiro atoms. The Balaban J connectivity index is 1.92. The molecule has 1 fully saturated rings. The summed E-state index contributed by atoms with van der Waals surface area (Å²) in [6, 6.07) is 9.95. The maximum absolute atomic E-state index is 10.7. The van der Waals surface area contributed by atoms with Gasteiger partial charge in [0.25, 0.3) is 0 Å². The van der Waals surface area contributed by atoms with Gasteiger partial charge in [0.05, 0.1) is 17.2 Å². The summed E-state index contributed by atoms with van der Waals surface area (Å²) >= 11 is 0. The first-order valence-electron chi connectivity index (χ1n) is 7.79. The quantitative estimate of drug-likeness (QED) is 0.890. The van der Waals surface area contributed by atoms with Gasteiger partial charge >= 0.3 is 0 Å². The van der Waals surface area contributed by atoms with Crippen LogP contribution in [-0.4, -0.2) is 17.3 Å². The van der Waals surface area contributed by atoms with E-state index in [0.717, 1.165) is 31.2 Å². The van der Waals surface area contributed by atoms with Gasteiger partial charge in [-0.3, -0.25) is 0 Å². The molecule has 2 N–H and O–H groups in total. The number of benzene rings is 1. The van der Waals surface area contributed by atoms with Crippen LogP contribution in [0.1, 0.15) is 63.6 Å². The van der Waals surface area contributed by atoms with Crippen molar-refractivity contribution in [3.8, 4) is 6.07 Å². The summed E-state index contributed by atoms with van der Waals surface area (Å²) in [6.45, 7) is 7.24. The van der Waals surface area contributed by atoms with Crippen LogP contribution in [0.5, 0.6) is 0 Å². The van der Waals surface area contributed by atoms with Crippen LogP contribution in [0.2, 0.25) is 0 Å². The molecule has 1 aromatic carbocycles. The highest BCUT2D eigenvalue weighted by molar-refractivity contribution is 5.34. The second kappa shape index (κ2) is 6.17. The minimum absolute atomic E-state index is 0.136. The Kier molecular flexibility index (Phi) is 4.70. The van der Waals surface area contributed by atoms with E-state index in [0.29, 0.717) is 17.5 Å². The van der Waals surface area contributed by atoms with Gasteiger partial charge in [0, 0.05) is 12.6 Å². The molecule has 0 amide bonds. The van der Waals surface area contributed by atoms with E-state index in [1.54, 1.807) is 0 Å². The summed E-state index contributed by atoms with van der Waals surface area (Å²) in [5.41, 5.74) is 1.54. The first kappa shape index (κ1) is 16.0. The van der Waals surface area contributed by atoms with E-state index in [1.165, 1.54) is 0 Å². The molecule has 1 saturated carbocycles. The van der Waals surface area contributed by atoms with Crippen molar-refractivity contribution in [3.63, 3.8) is 0 Å². The van der Waals surface area contributed by atoms with Crippen LogP contribution in [0, 0.1) is 16.7 Å². The van der Waals surface area contributed by atoms with Crippen LogP contribution in [0.15, 0.2) is 24.3 Å². The normalized spacial score (nSPS) is 21.5. The van der Waals surface area contributed by atoms with Gasteiger partial charge in [0.1, 0.15) is 0 Å². The highest BCUT2D eigenvalue weighted by Gasteiger charge is 2.36. The van der Waals surface area contributed by atoms with Crippen molar-refractivity contribution in [1.29, 1.82) is 5.26 Å². The van der Waals surface area contributed by atoms with Gasteiger partial charge in [-0.15, -0.1) is 0 Å². The average molecular weight is 286 g/mol. The first-order chi connectivity index (χ1) is 9.84. The number of nitriles is 1. The Labute approximate surface area is 128 Å². The fraction of sp³-hybridized carbons (Fsp3) is 0.611. The number of hydrogen-bond donors (Lipinski definition) is 2. The van der Waals surface area contributed by atoms with Gasteiger partial charge in [0.15, 0.2) is 0 Å². The van der Waals surface area contributed by atoms with Gasteiger partial charge in [-0.1, -0.05) is 26.0 Å². The van der Waals surface area contributed by atoms with E-state index in [2.05, 4.69) is 32.2 Å². The monoisotopic (exact) mass is 286 g/mol. The lowest BCUT2D eigenvalue weighted by molar-refractivity contribution is -0.0258. The molecule has 0 saturated heterocycles. The molecule has 1 aliphatic rings. The summed E-state index contributed by atoms with van der Waals surface area (Å²) in [5.74, 6) is 0. The smallest absolute Gasteiger partial charge is 0.0991 e. The topological polar surface area (TPSA) is 56.0 Å².